The Morgan fingerprint density at radius 3 is 2.85 bits per heavy atom. The molecule has 0 amide bonds. The van der Waals surface area contributed by atoms with E-state index in [2.05, 4.69) is 46.8 Å². The fraction of sp³-hybridized carbons (Fsp3) is 0.600. The van der Waals surface area contributed by atoms with Gasteiger partial charge < -0.3 is 0 Å². The van der Waals surface area contributed by atoms with Gasteiger partial charge in [0, 0.05) is 29.5 Å². The minimum absolute atomic E-state index is 0.706. The molecule has 0 bridgehead atoms. The van der Waals surface area contributed by atoms with Gasteiger partial charge in [0.1, 0.15) is 0 Å². The lowest BCUT2D eigenvalue weighted by atomic mass is 10.1. The first kappa shape index (κ1) is 13.9. The van der Waals surface area contributed by atoms with Crippen LogP contribution in [0.5, 0.6) is 0 Å². The Hall–Kier alpha value is -1.07. The average Bonchev–Trinajstić information content (AvgIpc) is 2.83. The zero-order valence-corrected chi connectivity index (χ0v) is 13.3. The Bertz CT molecular complexity index is 601. The summed E-state index contributed by atoms with van der Waals surface area (Å²) in [6.07, 6.45) is 4.57. The summed E-state index contributed by atoms with van der Waals surface area (Å²) in [7, 11) is 2.23. The van der Waals surface area contributed by atoms with Gasteiger partial charge in [0.25, 0.3) is 0 Å². The van der Waals surface area contributed by atoms with Crippen LogP contribution in [-0.2, 0) is 6.54 Å². The van der Waals surface area contributed by atoms with Crippen molar-refractivity contribution in [1.82, 2.24) is 19.5 Å². The van der Waals surface area contributed by atoms with Crippen molar-refractivity contribution in [1.29, 1.82) is 0 Å². The predicted molar refractivity (Wildman–Crippen MR) is 84.3 cm³/mol. The van der Waals surface area contributed by atoms with Crippen molar-refractivity contribution in [2.45, 2.75) is 39.3 Å². The van der Waals surface area contributed by atoms with Crippen LogP contribution in [0.3, 0.4) is 0 Å². The summed E-state index contributed by atoms with van der Waals surface area (Å²) in [5, 5.41) is 4.48. The first-order valence-electron chi connectivity index (χ1n) is 7.24. The van der Waals surface area contributed by atoms with Crippen molar-refractivity contribution in [2.24, 2.45) is 0 Å². The average molecular weight is 290 g/mol. The van der Waals surface area contributed by atoms with Crippen LogP contribution in [0.1, 0.15) is 29.8 Å². The van der Waals surface area contributed by atoms with E-state index >= 15 is 0 Å². The molecule has 1 aliphatic rings. The zero-order chi connectivity index (χ0) is 14.1. The largest absolute Gasteiger partial charge is 0.299 e. The van der Waals surface area contributed by atoms with Crippen LogP contribution >= 0.6 is 11.8 Å². The van der Waals surface area contributed by atoms with E-state index in [1.54, 1.807) is 0 Å². The van der Waals surface area contributed by atoms with Crippen molar-refractivity contribution >= 4 is 17.4 Å². The first-order chi connectivity index (χ1) is 9.65. The van der Waals surface area contributed by atoms with Crippen LogP contribution in [0.15, 0.2) is 12.3 Å². The highest BCUT2D eigenvalue weighted by atomic mass is 32.2. The van der Waals surface area contributed by atoms with E-state index in [0.717, 1.165) is 23.6 Å². The van der Waals surface area contributed by atoms with E-state index in [-0.39, 0.29) is 0 Å². The van der Waals surface area contributed by atoms with Gasteiger partial charge in [0.15, 0.2) is 5.65 Å². The van der Waals surface area contributed by atoms with Gasteiger partial charge in [-0.1, -0.05) is 0 Å². The Labute approximate surface area is 124 Å². The molecule has 5 heteroatoms. The molecule has 0 aromatic carbocycles. The lowest BCUT2D eigenvalue weighted by Gasteiger charge is -2.30. The molecule has 0 atom stereocenters. The Kier molecular flexibility index (Phi) is 3.98. The van der Waals surface area contributed by atoms with Gasteiger partial charge in [0.2, 0.25) is 0 Å². The maximum Gasteiger partial charge on any atom is 0.159 e. The number of nitrogens with zero attached hydrogens (tertiary/aromatic N) is 4. The van der Waals surface area contributed by atoms with E-state index in [1.807, 2.05) is 17.6 Å². The third-order valence-corrected chi connectivity index (χ3v) is 5.13. The second-order valence-electron chi connectivity index (χ2n) is 5.70. The molecule has 4 nitrogen and oxygen atoms in total. The molecule has 3 rings (SSSR count). The van der Waals surface area contributed by atoms with Gasteiger partial charge in [-0.15, -0.1) is 0 Å². The van der Waals surface area contributed by atoms with Gasteiger partial charge in [-0.05, 0) is 51.3 Å². The standard InChI is InChI=1S/C15H22N4S/c1-11-8-12(2)19-15(17-11)13(9-16-19)10-18(3)14-4-6-20-7-5-14/h8-9,14H,4-7,10H2,1-3H3. The van der Waals surface area contributed by atoms with Crippen LogP contribution < -0.4 is 0 Å². The lowest BCUT2D eigenvalue weighted by molar-refractivity contribution is 0.222. The van der Waals surface area contributed by atoms with Crippen LogP contribution in [0.4, 0.5) is 0 Å². The molecule has 1 saturated heterocycles. The van der Waals surface area contributed by atoms with Crippen LogP contribution in [-0.4, -0.2) is 44.1 Å². The van der Waals surface area contributed by atoms with E-state index < -0.39 is 0 Å². The molecule has 0 N–H and O–H groups in total. The maximum atomic E-state index is 4.66. The summed E-state index contributed by atoms with van der Waals surface area (Å²) in [5.41, 5.74) is 4.46. The van der Waals surface area contributed by atoms with Crippen molar-refractivity contribution < 1.29 is 0 Å². The fourth-order valence-electron chi connectivity index (χ4n) is 2.95. The molecule has 2 aromatic heterocycles. The number of rotatable bonds is 3. The molecule has 1 fully saturated rings. The molecule has 0 spiro atoms. The van der Waals surface area contributed by atoms with Crippen molar-refractivity contribution in [3.8, 4) is 0 Å². The number of aromatic nitrogens is 3. The molecule has 0 unspecified atom stereocenters. The Morgan fingerprint density at radius 2 is 2.10 bits per heavy atom. The predicted octanol–water partition coefficient (Wildman–Crippen LogP) is 2.67. The van der Waals surface area contributed by atoms with Gasteiger partial charge in [-0.3, -0.25) is 4.90 Å². The van der Waals surface area contributed by atoms with Gasteiger partial charge in [-0.2, -0.15) is 16.9 Å². The topological polar surface area (TPSA) is 33.4 Å². The molecule has 0 aliphatic carbocycles. The lowest BCUT2D eigenvalue weighted by Crippen LogP contribution is -2.34. The summed E-state index contributed by atoms with van der Waals surface area (Å²) in [5.74, 6) is 2.58. The van der Waals surface area contributed by atoms with Gasteiger partial charge in [-0.25, -0.2) is 9.50 Å². The molecule has 0 saturated carbocycles. The quantitative estimate of drug-likeness (QED) is 0.870. The molecule has 2 aromatic rings. The number of thioether (sulfide) groups is 1. The van der Waals surface area contributed by atoms with E-state index in [1.165, 1.54) is 29.9 Å². The monoisotopic (exact) mass is 290 g/mol. The minimum Gasteiger partial charge on any atom is -0.299 e. The Balaban J connectivity index is 1.83. The fourth-order valence-corrected chi connectivity index (χ4v) is 4.03. The molecule has 108 valence electrons. The van der Waals surface area contributed by atoms with Crippen molar-refractivity contribution in [3.63, 3.8) is 0 Å². The van der Waals surface area contributed by atoms with E-state index in [9.17, 15) is 0 Å². The van der Waals surface area contributed by atoms with Crippen molar-refractivity contribution in [2.75, 3.05) is 18.6 Å². The second-order valence-corrected chi connectivity index (χ2v) is 6.93. The third-order valence-electron chi connectivity index (χ3n) is 4.08. The molecule has 20 heavy (non-hydrogen) atoms. The minimum atomic E-state index is 0.706. The maximum absolute atomic E-state index is 4.66. The summed E-state index contributed by atoms with van der Waals surface area (Å²) >= 11 is 2.08. The normalized spacial score (nSPS) is 17.2. The van der Waals surface area contributed by atoms with Crippen LogP contribution in [0, 0.1) is 13.8 Å². The molecule has 1 aliphatic heterocycles. The number of hydrogen-bond donors (Lipinski definition) is 0. The summed E-state index contributed by atoms with van der Waals surface area (Å²) in [4.78, 5) is 7.13. The second kappa shape index (κ2) is 5.74. The smallest absolute Gasteiger partial charge is 0.159 e. The number of fused-ring (bicyclic) bond motifs is 1. The summed E-state index contributed by atoms with van der Waals surface area (Å²) in [6, 6.07) is 2.78. The molecule has 3 heterocycles. The molecule has 0 radical (unpaired) electrons. The van der Waals surface area contributed by atoms with E-state index in [0.29, 0.717) is 6.04 Å². The highest BCUT2D eigenvalue weighted by Crippen LogP contribution is 2.23. The van der Waals surface area contributed by atoms with E-state index in [4.69, 9.17) is 0 Å². The highest BCUT2D eigenvalue weighted by Gasteiger charge is 2.20. The van der Waals surface area contributed by atoms with Crippen LogP contribution in [0.25, 0.3) is 5.65 Å². The number of hydrogen-bond acceptors (Lipinski definition) is 4. The molecular formula is C15H22N4S. The zero-order valence-electron chi connectivity index (χ0n) is 12.5. The van der Waals surface area contributed by atoms with Crippen molar-refractivity contribution in [3.05, 3.63) is 29.2 Å². The van der Waals surface area contributed by atoms with Gasteiger partial charge >= 0.3 is 0 Å². The third kappa shape index (κ3) is 2.69. The summed E-state index contributed by atoms with van der Waals surface area (Å²) in [6.45, 7) is 5.07. The summed E-state index contributed by atoms with van der Waals surface area (Å²) < 4.78 is 1.95. The Morgan fingerprint density at radius 1 is 1.35 bits per heavy atom. The highest BCUT2D eigenvalue weighted by molar-refractivity contribution is 7.99. The SMILES string of the molecule is Cc1cc(C)n2ncc(CN(C)C3CCSCC3)c2n1. The van der Waals surface area contributed by atoms with Gasteiger partial charge in [0.05, 0.1) is 6.20 Å². The first-order valence-corrected chi connectivity index (χ1v) is 8.39. The number of aryl methyl sites for hydroxylation is 2. The molecular weight excluding hydrogens is 268 g/mol. The van der Waals surface area contributed by atoms with Crippen LogP contribution in [0.2, 0.25) is 0 Å².